The number of para-hydroxylation sites is 1. The maximum Gasteiger partial charge on any atom is 0.249 e. The van der Waals surface area contributed by atoms with Gasteiger partial charge in [0, 0.05) is 30.1 Å². The van der Waals surface area contributed by atoms with Gasteiger partial charge in [0.2, 0.25) is 17.7 Å². The van der Waals surface area contributed by atoms with Crippen LogP contribution in [0.1, 0.15) is 5.89 Å². The van der Waals surface area contributed by atoms with Crippen molar-refractivity contribution < 1.29 is 18.0 Å². The Kier molecular flexibility index (Phi) is 4.15. The third kappa shape index (κ3) is 3.29. The van der Waals surface area contributed by atoms with E-state index in [0.717, 1.165) is 23.0 Å². The average Bonchev–Trinajstić information content (AvgIpc) is 3.22. The van der Waals surface area contributed by atoms with Crippen LogP contribution in [0.25, 0.3) is 22.4 Å². The van der Waals surface area contributed by atoms with E-state index < -0.39 is 17.5 Å². The number of benzene rings is 2. The molecule has 4 aromatic rings. The first-order valence-corrected chi connectivity index (χ1v) is 8.14. The molecule has 0 aliphatic heterocycles. The van der Waals surface area contributed by atoms with Crippen LogP contribution in [-0.4, -0.2) is 20.7 Å². The van der Waals surface area contributed by atoms with E-state index in [0.29, 0.717) is 17.3 Å². The van der Waals surface area contributed by atoms with Crippen molar-refractivity contribution in [3.8, 4) is 11.5 Å². The highest BCUT2D eigenvalue weighted by Gasteiger charge is 2.17. The first-order valence-electron chi connectivity index (χ1n) is 8.14. The Balaban J connectivity index is 1.65. The van der Waals surface area contributed by atoms with Crippen molar-refractivity contribution >= 4 is 22.5 Å². The number of fused-ring (bicyclic) bond motifs is 1. The summed E-state index contributed by atoms with van der Waals surface area (Å²) < 4.78 is 33.9. The van der Waals surface area contributed by atoms with Crippen LogP contribution >= 0.6 is 0 Å². The Morgan fingerprint density at radius 2 is 2.00 bits per heavy atom. The fourth-order valence-electron chi connectivity index (χ4n) is 2.89. The topological polar surface area (TPSA) is 73.0 Å². The summed E-state index contributed by atoms with van der Waals surface area (Å²) in [4.78, 5) is 12.4. The van der Waals surface area contributed by atoms with Gasteiger partial charge in [-0.25, -0.2) is 8.78 Å². The van der Waals surface area contributed by atoms with Gasteiger partial charge < -0.3 is 14.3 Å². The second-order valence-electron chi connectivity index (χ2n) is 5.99. The lowest BCUT2D eigenvalue weighted by Crippen LogP contribution is -2.19. The molecule has 6 nitrogen and oxygen atoms in total. The van der Waals surface area contributed by atoms with Crippen LogP contribution in [0.2, 0.25) is 0 Å². The number of carbonyl (C=O) groups is 1. The molecule has 4 rings (SSSR count). The monoisotopic (exact) mass is 368 g/mol. The maximum atomic E-state index is 13.7. The Morgan fingerprint density at radius 1 is 1.19 bits per heavy atom. The summed E-state index contributed by atoms with van der Waals surface area (Å²) in [6, 6.07) is 10.4. The van der Waals surface area contributed by atoms with Gasteiger partial charge in [0.15, 0.2) is 0 Å². The van der Waals surface area contributed by atoms with Crippen molar-refractivity contribution in [2.24, 2.45) is 0 Å². The van der Waals surface area contributed by atoms with E-state index in [1.807, 2.05) is 24.3 Å². The lowest BCUT2D eigenvalue weighted by atomic mass is 10.2. The maximum absolute atomic E-state index is 13.7. The Labute approximate surface area is 152 Å². The van der Waals surface area contributed by atoms with Crippen molar-refractivity contribution in [3.05, 3.63) is 66.2 Å². The Hall–Kier alpha value is -3.55. The largest absolute Gasteiger partial charge is 0.421 e. The zero-order chi connectivity index (χ0) is 19.0. The first kappa shape index (κ1) is 16.9. The third-order valence-electron chi connectivity index (χ3n) is 4.06. The van der Waals surface area contributed by atoms with Crippen molar-refractivity contribution in [2.75, 3.05) is 5.32 Å². The minimum atomic E-state index is -0.831. The molecule has 136 valence electrons. The number of nitrogens with zero attached hydrogens (tertiary/aromatic N) is 3. The molecule has 27 heavy (non-hydrogen) atoms. The molecule has 2 heterocycles. The van der Waals surface area contributed by atoms with E-state index in [9.17, 15) is 13.6 Å². The fraction of sp³-hybridized carbons (Fsp3) is 0.105. The molecule has 0 radical (unpaired) electrons. The second-order valence-corrected chi connectivity index (χ2v) is 5.99. The summed E-state index contributed by atoms with van der Waals surface area (Å²) in [6.07, 6.45) is 1.73. The predicted molar refractivity (Wildman–Crippen MR) is 95.0 cm³/mol. The molecule has 2 aromatic heterocycles. The number of anilines is 1. The number of rotatable bonds is 4. The van der Waals surface area contributed by atoms with E-state index in [2.05, 4.69) is 15.5 Å². The van der Waals surface area contributed by atoms with Gasteiger partial charge in [-0.2, -0.15) is 0 Å². The predicted octanol–water partition coefficient (Wildman–Crippen LogP) is 3.92. The van der Waals surface area contributed by atoms with Gasteiger partial charge in [-0.1, -0.05) is 18.2 Å². The number of aromatic nitrogens is 3. The van der Waals surface area contributed by atoms with Gasteiger partial charge in [-0.05, 0) is 18.2 Å². The lowest BCUT2D eigenvalue weighted by molar-refractivity contribution is -0.116. The molecule has 0 aliphatic rings. The summed E-state index contributed by atoms with van der Waals surface area (Å²) in [5.41, 5.74) is 1.41. The molecule has 0 atom stereocenters. The van der Waals surface area contributed by atoms with Crippen LogP contribution in [-0.2, 0) is 11.3 Å². The van der Waals surface area contributed by atoms with Crippen LogP contribution in [0.4, 0.5) is 14.5 Å². The number of carbonyl (C=O) groups excluding carboxylic acids is 1. The van der Waals surface area contributed by atoms with E-state index in [1.165, 1.54) is 6.07 Å². The molecule has 2 aromatic carbocycles. The van der Waals surface area contributed by atoms with Crippen LogP contribution in [0.15, 0.2) is 53.1 Å². The molecule has 0 bridgehead atoms. The van der Waals surface area contributed by atoms with Crippen molar-refractivity contribution in [1.29, 1.82) is 0 Å². The first-order chi connectivity index (χ1) is 13.0. The van der Waals surface area contributed by atoms with Gasteiger partial charge in [0.1, 0.15) is 18.2 Å². The number of nitrogens with one attached hydrogen (secondary N) is 1. The van der Waals surface area contributed by atoms with Crippen LogP contribution < -0.4 is 5.32 Å². The number of amides is 1. The van der Waals surface area contributed by atoms with E-state index in [4.69, 9.17) is 4.42 Å². The number of halogens is 2. The van der Waals surface area contributed by atoms with Gasteiger partial charge >= 0.3 is 0 Å². The zero-order valence-electron chi connectivity index (χ0n) is 14.2. The molecule has 0 unspecified atom stereocenters. The van der Waals surface area contributed by atoms with E-state index in [1.54, 1.807) is 17.7 Å². The quantitative estimate of drug-likeness (QED) is 0.593. The summed E-state index contributed by atoms with van der Waals surface area (Å²) in [6.45, 7) is 1.63. The average molecular weight is 368 g/mol. The molecule has 1 N–H and O–H groups in total. The lowest BCUT2D eigenvalue weighted by Gasteiger charge is -2.08. The van der Waals surface area contributed by atoms with Crippen LogP contribution in [0.3, 0.4) is 0 Å². The Morgan fingerprint density at radius 3 is 2.74 bits per heavy atom. The van der Waals surface area contributed by atoms with Crippen molar-refractivity contribution in [3.63, 3.8) is 0 Å². The van der Waals surface area contributed by atoms with Crippen LogP contribution in [0, 0.1) is 18.6 Å². The molecule has 0 aliphatic carbocycles. The second kappa shape index (κ2) is 6.64. The molecule has 0 saturated heterocycles. The third-order valence-corrected chi connectivity index (χ3v) is 4.06. The zero-order valence-corrected chi connectivity index (χ0v) is 14.2. The highest BCUT2D eigenvalue weighted by molar-refractivity contribution is 5.96. The SMILES string of the molecule is Cc1nnc(-c2cn(CC(=O)Nc3ccc(F)cc3F)c3ccccc23)o1. The number of hydrogen-bond donors (Lipinski definition) is 1. The van der Waals surface area contributed by atoms with Crippen molar-refractivity contribution in [1.82, 2.24) is 14.8 Å². The van der Waals surface area contributed by atoms with Gasteiger partial charge in [0.05, 0.1) is 11.3 Å². The van der Waals surface area contributed by atoms with Gasteiger partial charge in [-0.15, -0.1) is 10.2 Å². The van der Waals surface area contributed by atoms with Crippen molar-refractivity contribution in [2.45, 2.75) is 13.5 Å². The van der Waals surface area contributed by atoms with Crippen LogP contribution in [0.5, 0.6) is 0 Å². The Bertz CT molecular complexity index is 1150. The fourth-order valence-corrected chi connectivity index (χ4v) is 2.89. The molecule has 1 amide bonds. The van der Waals surface area contributed by atoms with Gasteiger partial charge in [0.25, 0.3) is 0 Å². The normalized spacial score (nSPS) is 11.1. The van der Waals surface area contributed by atoms with E-state index >= 15 is 0 Å². The van der Waals surface area contributed by atoms with Gasteiger partial charge in [-0.3, -0.25) is 4.79 Å². The smallest absolute Gasteiger partial charge is 0.249 e. The minimum absolute atomic E-state index is 0.0650. The molecule has 8 heteroatoms. The highest BCUT2D eigenvalue weighted by Crippen LogP contribution is 2.29. The molecular formula is C19H14F2N4O2. The molecule has 0 spiro atoms. The van der Waals surface area contributed by atoms with E-state index in [-0.39, 0.29) is 12.2 Å². The molecule has 0 fully saturated rings. The number of aryl methyl sites for hydroxylation is 1. The molecular weight excluding hydrogens is 354 g/mol. The minimum Gasteiger partial charge on any atom is -0.421 e. The summed E-state index contributed by atoms with van der Waals surface area (Å²) in [7, 11) is 0. The summed E-state index contributed by atoms with van der Waals surface area (Å²) in [5.74, 6) is -1.20. The standard InChI is InChI=1S/C19H14F2N4O2/c1-11-23-24-19(27-11)14-9-25(17-5-3-2-4-13(14)17)10-18(26)22-16-7-6-12(20)8-15(16)21/h2-9H,10H2,1H3,(H,22,26). The summed E-state index contributed by atoms with van der Waals surface area (Å²) in [5, 5.41) is 11.2. The summed E-state index contributed by atoms with van der Waals surface area (Å²) >= 11 is 0. The highest BCUT2D eigenvalue weighted by atomic mass is 19.1. The molecule has 0 saturated carbocycles. The number of hydrogen-bond acceptors (Lipinski definition) is 4.